The minimum Gasteiger partial charge on any atom is -0.465 e. The lowest BCUT2D eigenvalue weighted by Crippen LogP contribution is -2.49. The smallest absolute Gasteiger partial charge is 0.306 e. The summed E-state index contributed by atoms with van der Waals surface area (Å²) >= 11 is 0. The molecule has 0 radical (unpaired) electrons. The van der Waals surface area contributed by atoms with Crippen molar-refractivity contribution in [3.05, 3.63) is 0 Å². The molecule has 0 atom stereocenters. The number of unbranched alkanes of at least 4 members (excludes halogenated alkanes) is 12. The summed E-state index contributed by atoms with van der Waals surface area (Å²) in [5, 5.41) is -0.0681. The molecule has 0 fully saturated rings. The Morgan fingerprint density at radius 2 is 0.655 bits per heavy atom. The third-order valence-electron chi connectivity index (χ3n) is 12.8. The molecule has 0 saturated heterocycles. The number of esters is 3. The summed E-state index contributed by atoms with van der Waals surface area (Å²) in [6, 6.07) is 0. The van der Waals surface area contributed by atoms with Crippen LogP contribution >= 0.6 is 0 Å². The average Bonchev–Trinajstić information content (AvgIpc) is 3.17. The van der Waals surface area contributed by atoms with Crippen molar-refractivity contribution in [3.63, 3.8) is 0 Å². The molecule has 7 nitrogen and oxygen atoms in total. The molecule has 0 spiro atoms. The van der Waals surface area contributed by atoms with Gasteiger partial charge in [-0.25, -0.2) is 0 Å². The van der Waals surface area contributed by atoms with Gasteiger partial charge in [-0.2, -0.15) is 0 Å². The van der Waals surface area contributed by atoms with Gasteiger partial charge in [-0.3, -0.25) is 14.4 Å². The maximum atomic E-state index is 13.7. The molecule has 8 heteroatoms. The summed E-state index contributed by atoms with van der Waals surface area (Å²) in [7, 11) is -2.30. The molecule has 0 aliphatic carbocycles. The molecule has 58 heavy (non-hydrogen) atoms. The van der Waals surface area contributed by atoms with Crippen molar-refractivity contribution in [2.45, 2.75) is 254 Å². The van der Waals surface area contributed by atoms with Crippen LogP contribution < -0.4 is 0 Å². The minimum atomic E-state index is -2.30. The molecule has 344 valence electrons. The van der Waals surface area contributed by atoms with Crippen molar-refractivity contribution in [1.82, 2.24) is 0 Å². The first-order valence-corrected chi connectivity index (χ1v) is 27.6. The summed E-state index contributed by atoms with van der Waals surface area (Å²) in [6.45, 7) is 24.4. The van der Waals surface area contributed by atoms with E-state index in [1.165, 1.54) is 38.5 Å². The van der Waals surface area contributed by atoms with Crippen molar-refractivity contribution in [3.8, 4) is 0 Å². The SMILES string of the molecule is CCCCCC(CCCCC)CC(=O)OCC(COC(=O)CC(CCCCC)CCCCC)(COC(=O)CC(CCCCC)CCCCC)CO[Si](C)(C)C(C)(C)C. The summed E-state index contributed by atoms with van der Waals surface area (Å²) < 4.78 is 25.5. The highest BCUT2D eigenvalue weighted by Crippen LogP contribution is 2.38. The minimum absolute atomic E-state index is 0.0233. The van der Waals surface area contributed by atoms with Crippen LogP contribution in [0.3, 0.4) is 0 Å². The summed E-state index contributed by atoms with van der Waals surface area (Å²) in [5.74, 6) is 0.167. The second-order valence-corrected chi connectivity index (χ2v) is 24.5. The van der Waals surface area contributed by atoms with E-state index in [0.717, 1.165) is 116 Å². The third kappa shape index (κ3) is 28.2. The van der Waals surface area contributed by atoms with E-state index in [0.29, 0.717) is 19.3 Å². The molecule has 0 aromatic heterocycles. The van der Waals surface area contributed by atoms with Gasteiger partial charge < -0.3 is 18.6 Å². The zero-order valence-corrected chi connectivity index (χ0v) is 41.5. The van der Waals surface area contributed by atoms with E-state index in [2.05, 4.69) is 75.4 Å². The first kappa shape index (κ1) is 56.6. The molecule has 0 heterocycles. The Hall–Kier alpha value is -1.41. The van der Waals surface area contributed by atoms with Crippen LogP contribution in [0.1, 0.15) is 236 Å². The molecule has 0 bridgehead atoms. The van der Waals surface area contributed by atoms with Gasteiger partial charge in [0.1, 0.15) is 19.8 Å². The highest BCUT2D eigenvalue weighted by atomic mass is 28.4. The van der Waals surface area contributed by atoms with Gasteiger partial charge in [0.15, 0.2) is 8.32 Å². The Labute approximate surface area is 361 Å². The van der Waals surface area contributed by atoms with E-state index in [1.807, 2.05) is 0 Å². The van der Waals surface area contributed by atoms with Crippen LogP contribution in [0.4, 0.5) is 0 Å². The average molecular weight is 839 g/mol. The lowest BCUT2D eigenvalue weighted by atomic mass is 9.90. The lowest BCUT2D eigenvalue weighted by Gasteiger charge is -2.40. The number of hydrogen-bond acceptors (Lipinski definition) is 7. The van der Waals surface area contributed by atoms with E-state index in [1.54, 1.807) is 0 Å². The van der Waals surface area contributed by atoms with Gasteiger partial charge in [-0.1, -0.05) is 178 Å². The number of rotatable bonds is 39. The van der Waals surface area contributed by atoms with Crippen LogP contribution in [0.2, 0.25) is 18.1 Å². The fourth-order valence-corrected chi connectivity index (χ4v) is 8.63. The largest absolute Gasteiger partial charge is 0.465 e. The maximum absolute atomic E-state index is 13.7. The Morgan fingerprint density at radius 1 is 0.414 bits per heavy atom. The topological polar surface area (TPSA) is 88.1 Å². The maximum Gasteiger partial charge on any atom is 0.306 e. The predicted molar refractivity (Wildman–Crippen MR) is 248 cm³/mol. The van der Waals surface area contributed by atoms with E-state index >= 15 is 0 Å². The molecule has 0 saturated carbocycles. The quantitative estimate of drug-likeness (QED) is 0.0264. The zero-order chi connectivity index (χ0) is 43.7. The first-order valence-electron chi connectivity index (χ1n) is 24.7. The zero-order valence-electron chi connectivity index (χ0n) is 40.5. The fraction of sp³-hybridized carbons (Fsp3) is 0.940. The van der Waals surface area contributed by atoms with Gasteiger partial charge in [0, 0.05) is 25.9 Å². The van der Waals surface area contributed by atoms with Crippen molar-refractivity contribution in [2.75, 3.05) is 26.4 Å². The monoisotopic (exact) mass is 839 g/mol. The normalized spacial score (nSPS) is 12.5. The molecule has 0 rings (SSSR count). The van der Waals surface area contributed by atoms with Crippen LogP contribution in [-0.2, 0) is 33.0 Å². The van der Waals surface area contributed by atoms with Crippen molar-refractivity contribution < 1.29 is 33.0 Å². The molecular formula is C50H98O7Si. The summed E-state index contributed by atoms with van der Waals surface area (Å²) in [6.07, 6.45) is 27.9. The fourth-order valence-electron chi connectivity index (χ4n) is 7.53. The van der Waals surface area contributed by atoms with Crippen LogP contribution in [0.5, 0.6) is 0 Å². The summed E-state index contributed by atoms with van der Waals surface area (Å²) in [4.78, 5) is 41.2. The van der Waals surface area contributed by atoms with E-state index in [-0.39, 0.29) is 67.1 Å². The first-order chi connectivity index (χ1) is 27.6. The van der Waals surface area contributed by atoms with Crippen molar-refractivity contribution in [2.24, 2.45) is 23.2 Å². The van der Waals surface area contributed by atoms with Crippen LogP contribution in [-0.4, -0.2) is 52.7 Å². The molecule has 0 aromatic rings. The molecular weight excluding hydrogens is 741 g/mol. The van der Waals surface area contributed by atoms with Crippen LogP contribution in [0, 0.1) is 23.2 Å². The Morgan fingerprint density at radius 3 is 0.862 bits per heavy atom. The third-order valence-corrected chi connectivity index (χ3v) is 17.3. The molecule has 0 amide bonds. The van der Waals surface area contributed by atoms with Gasteiger partial charge in [0.2, 0.25) is 0 Å². The standard InChI is InChI=1S/C50H98O7Si/c1-12-18-24-30-43(31-25-19-13-2)36-46(51)54-39-50(42-57-58(10,11)49(7,8)9,40-55-47(52)37-44(32-26-20-14-3)33-27-21-15-4)41-56-48(53)38-45(34-28-22-16-5)35-29-23-17-6/h43-45H,12-42H2,1-11H3. The lowest BCUT2D eigenvalue weighted by molar-refractivity contribution is -0.166. The van der Waals surface area contributed by atoms with Crippen molar-refractivity contribution >= 4 is 26.2 Å². The van der Waals surface area contributed by atoms with Crippen LogP contribution in [0.25, 0.3) is 0 Å². The molecule has 0 aliphatic rings. The van der Waals surface area contributed by atoms with E-state index in [4.69, 9.17) is 18.6 Å². The molecule has 0 N–H and O–H groups in total. The second kappa shape index (κ2) is 34.2. The number of hydrogen-bond donors (Lipinski definition) is 0. The van der Waals surface area contributed by atoms with Crippen LogP contribution in [0.15, 0.2) is 0 Å². The van der Waals surface area contributed by atoms with E-state index in [9.17, 15) is 14.4 Å². The Bertz CT molecular complexity index is 889. The highest BCUT2D eigenvalue weighted by Gasteiger charge is 2.43. The summed E-state index contributed by atoms with van der Waals surface area (Å²) in [5.41, 5.74) is -1.02. The van der Waals surface area contributed by atoms with E-state index < -0.39 is 13.7 Å². The number of carbonyl (C=O) groups excluding carboxylic acids is 3. The predicted octanol–water partition coefficient (Wildman–Crippen LogP) is 15.1. The van der Waals surface area contributed by atoms with Gasteiger partial charge in [-0.05, 0) is 74.4 Å². The van der Waals surface area contributed by atoms with Gasteiger partial charge in [0.25, 0.3) is 0 Å². The Balaban J connectivity index is 6.54. The Kier molecular flexibility index (Phi) is 33.4. The second-order valence-electron chi connectivity index (χ2n) is 19.7. The van der Waals surface area contributed by atoms with Gasteiger partial charge in [-0.15, -0.1) is 0 Å². The number of carbonyl (C=O) groups is 3. The highest BCUT2D eigenvalue weighted by molar-refractivity contribution is 6.74. The van der Waals surface area contributed by atoms with Gasteiger partial charge in [0.05, 0.1) is 5.41 Å². The molecule has 0 unspecified atom stereocenters. The number of ether oxygens (including phenoxy) is 3. The molecule has 0 aromatic carbocycles. The molecule has 0 aliphatic heterocycles. The van der Waals surface area contributed by atoms with Gasteiger partial charge >= 0.3 is 17.9 Å². The van der Waals surface area contributed by atoms with Crippen molar-refractivity contribution in [1.29, 1.82) is 0 Å².